The summed E-state index contributed by atoms with van der Waals surface area (Å²) in [4.78, 5) is 37.9. The normalized spacial score (nSPS) is 15.2. The first kappa shape index (κ1) is 22.8. The molecule has 2 N–H and O–H groups in total. The van der Waals surface area contributed by atoms with Crippen LogP contribution in [0.25, 0.3) is 0 Å². The van der Waals surface area contributed by atoms with E-state index in [-0.39, 0.29) is 22.4 Å². The van der Waals surface area contributed by atoms with Crippen molar-refractivity contribution in [2.24, 2.45) is 0 Å². The molecule has 160 valence electrons. The third-order valence-corrected chi connectivity index (χ3v) is 5.96. The molecule has 2 rings (SSSR count). The molecule has 1 saturated heterocycles. The van der Waals surface area contributed by atoms with Gasteiger partial charge in [0.2, 0.25) is 10.0 Å². The average molecular weight is 426 g/mol. The van der Waals surface area contributed by atoms with Gasteiger partial charge in [0.15, 0.2) is 6.10 Å². The van der Waals surface area contributed by atoms with E-state index in [1.165, 1.54) is 31.2 Å². The first-order valence-corrected chi connectivity index (χ1v) is 11.0. The van der Waals surface area contributed by atoms with E-state index >= 15 is 0 Å². The molecular formula is C19H27N3O6S. The molecule has 0 bridgehead atoms. The van der Waals surface area contributed by atoms with E-state index in [4.69, 9.17) is 4.74 Å². The lowest BCUT2D eigenvalue weighted by atomic mass is 10.2. The molecule has 9 nitrogen and oxygen atoms in total. The number of hydrogen-bond acceptors (Lipinski definition) is 6. The van der Waals surface area contributed by atoms with Crippen molar-refractivity contribution in [2.75, 3.05) is 19.6 Å². The quantitative estimate of drug-likeness (QED) is 0.590. The predicted molar refractivity (Wildman–Crippen MR) is 106 cm³/mol. The number of ether oxygens (including phenoxy) is 1. The van der Waals surface area contributed by atoms with Gasteiger partial charge in [-0.25, -0.2) is 13.1 Å². The van der Waals surface area contributed by atoms with E-state index in [0.29, 0.717) is 13.1 Å². The molecule has 1 atom stereocenters. The molecule has 29 heavy (non-hydrogen) atoms. The van der Waals surface area contributed by atoms with Crippen molar-refractivity contribution >= 4 is 27.8 Å². The Hall–Kier alpha value is -2.46. The molecule has 1 aromatic rings. The lowest BCUT2D eigenvalue weighted by molar-refractivity contribution is -0.157. The second kappa shape index (κ2) is 9.84. The Balaban J connectivity index is 1.85. The fourth-order valence-corrected chi connectivity index (χ4v) is 4.15. The van der Waals surface area contributed by atoms with E-state index < -0.39 is 34.5 Å². The van der Waals surface area contributed by atoms with Gasteiger partial charge in [-0.1, -0.05) is 0 Å². The predicted octanol–water partition coefficient (Wildman–Crippen LogP) is 0.657. The summed E-state index contributed by atoms with van der Waals surface area (Å²) < 4.78 is 31.7. The molecule has 1 fully saturated rings. The molecule has 0 radical (unpaired) electrons. The summed E-state index contributed by atoms with van der Waals surface area (Å²) in [5.74, 6) is -1.52. The van der Waals surface area contributed by atoms with E-state index in [1.807, 2.05) is 0 Å². The highest BCUT2D eigenvalue weighted by Gasteiger charge is 2.26. The molecule has 0 spiro atoms. The molecule has 1 aliphatic heterocycles. The summed E-state index contributed by atoms with van der Waals surface area (Å²) in [7, 11) is -3.65. The molecule has 1 heterocycles. The van der Waals surface area contributed by atoms with Gasteiger partial charge in [-0.2, -0.15) is 0 Å². The van der Waals surface area contributed by atoms with Crippen LogP contribution >= 0.6 is 0 Å². The van der Waals surface area contributed by atoms with Crippen LogP contribution in [0, 0.1) is 0 Å². The van der Waals surface area contributed by atoms with Crippen LogP contribution in [0.3, 0.4) is 0 Å². The smallest absolute Gasteiger partial charge is 0.326 e. The molecule has 10 heteroatoms. The fraction of sp³-hybridized carbons (Fsp3) is 0.526. The molecule has 1 aromatic carbocycles. The number of esters is 1. The van der Waals surface area contributed by atoms with Crippen LogP contribution in [0.15, 0.2) is 29.2 Å². The first-order chi connectivity index (χ1) is 13.6. The van der Waals surface area contributed by atoms with E-state index in [0.717, 1.165) is 12.8 Å². The van der Waals surface area contributed by atoms with Crippen LogP contribution < -0.4 is 10.0 Å². The zero-order valence-corrected chi connectivity index (χ0v) is 17.6. The highest BCUT2D eigenvalue weighted by Crippen LogP contribution is 2.12. The van der Waals surface area contributed by atoms with E-state index in [1.54, 1.807) is 18.7 Å². The van der Waals surface area contributed by atoms with Gasteiger partial charge in [0, 0.05) is 24.7 Å². The van der Waals surface area contributed by atoms with Gasteiger partial charge < -0.3 is 15.0 Å². The molecular weight excluding hydrogens is 398 g/mol. The summed E-state index contributed by atoms with van der Waals surface area (Å²) in [6, 6.07) is 5.09. The summed E-state index contributed by atoms with van der Waals surface area (Å²) >= 11 is 0. The maximum absolute atomic E-state index is 12.2. The molecule has 0 unspecified atom stereocenters. The van der Waals surface area contributed by atoms with Gasteiger partial charge in [0.05, 0.1) is 4.90 Å². The lowest BCUT2D eigenvalue weighted by Gasteiger charge is -2.20. The maximum Gasteiger partial charge on any atom is 0.326 e. The second-order valence-corrected chi connectivity index (χ2v) is 8.86. The minimum atomic E-state index is -3.65. The zero-order valence-electron chi connectivity index (χ0n) is 16.8. The van der Waals surface area contributed by atoms with Gasteiger partial charge in [0.25, 0.3) is 11.8 Å². The Labute approximate surface area is 170 Å². The molecule has 0 aliphatic carbocycles. The summed E-state index contributed by atoms with van der Waals surface area (Å²) in [6.45, 7) is 5.85. The van der Waals surface area contributed by atoms with Crippen molar-refractivity contribution < 1.29 is 27.5 Å². The number of nitrogens with one attached hydrogen (secondary N) is 2. The minimum absolute atomic E-state index is 0.0383. The van der Waals surface area contributed by atoms with Crippen LogP contribution in [-0.2, 0) is 24.3 Å². The van der Waals surface area contributed by atoms with Crippen molar-refractivity contribution in [3.63, 3.8) is 0 Å². The highest BCUT2D eigenvalue weighted by atomic mass is 32.2. The zero-order chi connectivity index (χ0) is 21.6. The van der Waals surface area contributed by atoms with Gasteiger partial charge in [-0.05, 0) is 57.9 Å². The van der Waals surface area contributed by atoms with Gasteiger partial charge >= 0.3 is 5.97 Å². The van der Waals surface area contributed by atoms with Crippen LogP contribution in [0.4, 0.5) is 0 Å². The number of sulfonamides is 1. The fourth-order valence-electron chi connectivity index (χ4n) is 2.90. The topological polar surface area (TPSA) is 122 Å². The van der Waals surface area contributed by atoms with E-state index in [9.17, 15) is 22.8 Å². The Bertz CT molecular complexity index is 845. The van der Waals surface area contributed by atoms with Crippen LogP contribution in [0.5, 0.6) is 0 Å². The summed E-state index contributed by atoms with van der Waals surface area (Å²) in [5, 5.41) is 2.40. The number of nitrogens with zero attached hydrogens (tertiary/aromatic N) is 1. The number of benzene rings is 1. The van der Waals surface area contributed by atoms with Crippen molar-refractivity contribution in [3.05, 3.63) is 29.8 Å². The molecule has 2 amide bonds. The summed E-state index contributed by atoms with van der Waals surface area (Å²) in [5.41, 5.74) is 0.197. The number of rotatable bonds is 8. The number of carbonyl (C=O) groups excluding carboxylic acids is 3. The minimum Gasteiger partial charge on any atom is -0.451 e. The average Bonchev–Trinajstić information content (AvgIpc) is 3.19. The van der Waals surface area contributed by atoms with Gasteiger partial charge in [-0.3, -0.25) is 14.4 Å². The SMILES string of the molecule is CC(C)NS(=O)(=O)c1ccc(C(=O)NCC(=O)O[C@H](C)C(=O)N2CCCC2)cc1. The van der Waals surface area contributed by atoms with Crippen molar-refractivity contribution in [2.45, 2.75) is 50.7 Å². The Morgan fingerprint density at radius 3 is 2.21 bits per heavy atom. The Kier molecular flexibility index (Phi) is 7.74. The van der Waals surface area contributed by atoms with Gasteiger partial charge in [0.1, 0.15) is 6.54 Å². The molecule has 1 aliphatic rings. The van der Waals surface area contributed by atoms with Crippen molar-refractivity contribution in [3.8, 4) is 0 Å². The van der Waals surface area contributed by atoms with Crippen LogP contribution in [0.1, 0.15) is 44.0 Å². The maximum atomic E-state index is 12.2. The van der Waals surface area contributed by atoms with Gasteiger partial charge in [-0.15, -0.1) is 0 Å². The largest absolute Gasteiger partial charge is 0.451 e. The Morgan fingerprint density at radius 2 is 1.66 bits per heavy atom. The number of likely N-dealkylation sites (tertiary alicyclic amines) is 1. The number of carbonyl (C=O) groups is 3. The first-order valence-electron chi connectivity index (χ1n) is 9.49. The van der Waals surface area contributed by atoms with Crippen LogP contribution in [0.2, 0.25) is 0 Å². The standard InChI is InChI=1S/C19H27N3O6S/c1-13(2)21-29(26,27)16-8-6-15(7-9-16)18(24)20-12-17(23)28-14(3)19(25)22-10-4-5-11-22/h6-9,13-14,21H,4-5,10-12H2,1-3H3,(H,20,24)/t14-/m1/s1. The lowest BCUT2D eigenvalue weighted by Crippen LogP contribution is -2.40. The summed E-state index contributed by atoms with van der Waals surface area (Å²) in [6.07, 6.45) is 0.974. The third kappa shape index (κ3) is 6.53. The molecule has 0 aromatic heterocycles. The van der Waals surface area contributed by atoms with Crippen LogP contribution in [-0.4, -0.2) is 62.9 Å². The molecule has 0 saturated carbocycles. The number of hydrogen-bond donors (Lipinski definition) is 2. The second-order valence-electron chi connectivity index (χ2n) is 7.15. The van der Waals surface area contributed by atoms with E-state index in [2.05, 4.69) is 10.0 Å². The third-order valence-electron chi connectivity index (χ3n) is 4.28. The monoisotopic (exact) mass is 425 g/mol. The highest BCUT2D eigenvalue weighted by molar-refractivity contribution is 7.89. The van der Waals surface area contributed by atoms with Crippen molar-refractivity contribution in [1.82, 2.24) is 14.9 Å². The Morgan fingerprint density at radius 1 is 1.07 bits per heavy atom. The van der Waals surface area contributed by atoms with Crippen molar-refractivity contribution in [1.29, 1.82) is 0 Å². The number of amides is 2.